The molecule has 1 saturated carbocycles. The number of nitriles is 1. The molecule has 0 heterocycles. The van der Waals surface area contributed by atoms with Gasteiger partial charge in [-0.05, 0) is 67.8 Å². The number of halogens is 3. The summed E-state index contributed by atoms with van der Waals surface area (Å²) in [6, 6.07) is 20.1. The molecule has 0 amide bonds. The van der Waals surface area contributed by atoms with Crippen molar-refractivity contribution in [2.45, 2.75) is 58.0 Å². The Bertz CT molecular complexity index is 794. The zero-order valence-electron chi connectivity index (χ0n) is 18.5. The first-order valence-electron chi connectivity index (χ1n) is 11.1. The normalized spacial score (nSPS) is 17.6. The van der Waals surface area contributed by atoms with Crippen LogP contribution in [-0.4, -0.2) is 30.7 Å². The zero-order chi connectivity index (χ0) is 22.7. The molecule has 2 unspecified atom stereocenters. The summed E-state index contributed by atoms with van der Waals surface area (Å²) in [6.07, 6.45) is 0.451. The van der Waals surface area contributed by atoms with Gasteiger partial charge in [-0.25, -0.2) is 0 Å². The highest BCUT2D eigenvalue weighted by Gasteiger charge is 2.55. The highest BCUT2D eigenvalue weighted by atomic mass is 19.4. The summed E-state index contributed by atoms with van der Waals surface area (Å²) in [5, 5.41) is 7.32. The average molecular weight is 431 g/mol. The van der Waals surface area contributed by atoms with E-state index in [2.05, 4.69) is 36.1 Å². The van der Waals surface area contributed by atoms with Gasteiger partial charge >= 0.3 is 6.18 Å². The molecule has 168 valence electrons. The molecule has 0 aliphatic heterocycles. The van der Waals surface area contributed by atoms with E-state index in [0.29, 0.717) is 0 Å². The van der Waals surface area contributed by atoms with E-state index >= 15 is 0 Å². The van der Waals surface area contributed by atoms with Crippen LogP contribution in [0.5, 0.6) is 0 Å². The Hall–Kier alpha value is -2.32. The van der Waals surface area contributed by atoms with Crippen molar-refractivity contribution in [3.05, 3.63) is 71.3 Å². The van der Waals surface area contributed by atoms with Crippen LogP contribution in [0.1, 0.15) is 55.7 Å². The third-order valence-electron chi connectivity index (χ3n) is 5.66. The minimum absolute atomic E-state index is 0.246. The molecule has 0 aromatic heterocycles. The van der Waals surface area contributed by atoms with Gasteiger partial charge in [0.25, 0.3) is 0 Å². The highest BCUT2D eigenvalue weighted by Crippen LogP contribution is 2.56. The summed E-state index contributed by atoms with van der Waals surface area (Å²) in [5.74, 6) is -1.46. The third-order valence-corrected chi connectivity index (χ3v) is 5.66. The second kappa shape index (κ2) is 12.5. The van der Waals surface area contributed by atoms with Crippen LogP contribution in [0.4, 0.5) is 13.2 Å². The summed E-state index contributed by atoms with van der Waals surface area (Å²) in [6.45, 7) is 6.87. The molecular formula is C26H33F3N2. The minimum Gasteiger partial charge on any atom is -0.303 e. The molecule has 0 saturated heterocycles. The van der Waals surface area contributed by atoms with Gasteiger partial charge in [0.1, 0.15) is 0 Å². The Balaban J connectivity index is 0.00000107. The van der Waals surface area contributed by atoms with Gasteiger partial charge in [0.15, 0.2) is 0 Å². The van der Waals surface area contributed by atoms with Crippen molar-refractivity contribution in [1.29, 1.82) is 5.26 Å². The molecule has 1 aliphatic carbocycles. The van der Waals surface area contributed by atoms with E-state index in [0.717, 1.165) is 50.9 Å². The van der Waals surface area contributed by atoms with Crippen molar-refractivity contribution < 1.29 is 13.2 Å². The lowest BCUT2D eigenvalue weighted by molar-refractivity contribution is -0.148. The summed E-state index contributed by atoms with van der Waals surface area (Å²) in [4.78, 5) is 2.51. The van der Waals surface area contributed by atoms with Crippen LogP contribution < -0.4 is 0 Å². The molecule has 0 N–H and O–H groups in total. The van der Waals surface area contributed by atoms with E-state index in [1.54, 1.807) is 6.07 Å². The Kier molecular flexibility index (Phi) is 10.1. The van der Waals surface area contributed by atoms with Gasteiger partial charge in [0, 0.05) is 13.5 Å². The predicted molar refractivity (Wildman–Crippen MR) is 120 cm³/mol. The molecule has 1 fully saturated rings. The quantitative estimate of drug-likeness (QED) is 0.416. The Morgan fingerprint density at radius 2 is 1.55 bits per heavy atom. The fraction of sp³-hybridized carbons (Fsp3) is 0.500. The lowest BCUT2D eigenvalue weighted by atomic mass is 10.0. The van der Waals surface area contributed by atoms with Crippen molar-refractivity contribution in [3.63, 3.8) is 0 Å². The van der Waals surface area contributed by atoms with E-state index in [4.69, 9.17) is 5.26 Å². The van der Waals surface area contributed by atoms with Crippen molar-refractivity contribution in [2.24, 2.45) is 5.92 Å². The fourth-order valence-corrected chi connectivity index (χ4v) is 3.95. The van der Waals surface area contributed by atoms with Gasteiger partial charge in [-0.15, -0.1) is 0 Å². The molecule has 2 aromatic carbocycles. The first kappa shape index (κ1) is 24.9. The number of hydrogen-bond acceptors (Lipinski definition) is 2. The van der Waals surface area contributed by atoms with Gasteiger partial charge < -0.3 is 4.90 Å². The van der Waals surface area contributed by atoms with Crippen LogP contribution in [0.15, 0.2) is 54.6 Å². The monoisotopic (exact) mass is 430 g/mol. The number of hydrogen-bond donors (Lipinski definition) is 0. The molecule has 0 radical (unpaired) electrons. The first-order chi connectivity index (χ1) is 14.9. The summed E-state index contributed by atoms with van der Waals surface area (Å²) in [7, 11) is 0. The number of benzene rings is 2. The molecule has 2 aromatic rings. The Labute approximate surface area is 184 Å². The van der Waals surface area contributed by atoms with Gasteiger partial charge in [0.2, 0.25) is 0 Å². The first-order valence-corrected chi connectivity index (χ1v) is 11.1. The average Bonchev–Trinajstić information content (AvgIpc) is 3.55. The highest BCUT2D eigenvalue weighted by molar-refractivity contribution is 5.30. The molecule has 5 heteroatoms. The molecule has 3 rings (SSSR count). The van der Waals surface area contributed by atoms with Gasteiger partial charge in [-0.1, -0.05) is 61.5 Å². The number of aryl methyl sites for hydroxylation is 1. The van der Waals surface area contributed by atoms with Crippen LogP contribution >= 0.6 is 0 Å². The van der Waals surface area contributed by atoms with E-state index in [1.807, 2.05) is 30.3 Å². The van der Waals surface area contributed by atoms with E-state index in [9.17, 15) is 13.2 Å². The van der Waals surface area contributed by atoms with Crippen LogP contribution in [0.2, 0.25) is 0 Å². The van der Waals surface area contributed by atoms with Crippen molar-refractivity contribution in [2.75, 3.05) is 19.6 Å². The lowest BCUT2D eigenvalue weighted by Gasteiger charge is -2.21. The zero-order valence-corrected chi connectivity index (χ0v) is 18.5. The second-order valence-electron chi connectivity index (χ2n) is 8.14. The second-order valence-corrected chi connectivity index (χ2v) is 8.14. The molecule has 0 bridgehead atoms. The van der Waals surface area contributed by atoms with Gasteiger partial charge in [-0.3, -0.25) is 0 Å². The fourth-order valence-electron chi connectivity index (χ4n) is 3.95. The van der Waals surface area contributed by atoms with E-state index in [-0.39, 0.29) is 12.3 Å². The van der Waals surface area contributed by atoms with Crippen LogP contribution in [0, 0.1) is 17.2 Å². The van der Waals surface area contributed by atoms with Crippen molar-refractivity contribution in [3.8, 4) is 6.07 Å². The summed E-state index contributed by atoms with van der Waals surface area (Å²) in [5.41, 5.74) is 3.42. The smallest absolute Gasteiger partial charge is 0.303 e. The van der Waals surface area contributed by atoms with E-state index in [1.165, 1.54) is 18.1 Å². The molecular weight excluding hydrogens is 397 g/mol. The SMILES string of the molecule is CC#N.CCCN(CCCc1ccc(C2CC2C(F)(F)F)cc1)CCc1ccccc1. The molecule has 0 spiro atoms. The molecule has 2 atom stereocenters. The van der Waals surface area contributed by atoms with Crippen LogP contribution in [0.3, 0.4) is 0 Å². The Morgan fingerprint density at radius 1 is 0.935 bits per heavy atom. The number of alkyl halides is 3. The van der Waals surface area contributed by atoms with Crippen LogP contribution in [-0.2, 0) is 12.8 Å². The number of rotatable bonds is 10. The largest absolute Gasteiger partial charge is 0.392 e. The maximum absolute atomic E-state index is 12.7. The molecule has 31 heavy (non-hydrogen) atoms. The minimum atomic E-state index is -4.05. The van der Waals surface area contributed by atoms with Gasteiger partial charge in [-0.2, -0.15) is 18.4 Å². The number of nitrogens with zero attached hydrogens (tertiary/aromatic N) is 2. The predicted octanol–water partition coefficient (Wildman–Crippen LogP) is 6.77. The maximum Gasteiger partial charge on any atom is 0.392 e. The van der Waals surface area contributed by atoms with Gasteiger partial charge in [0.05, 0.1) is 12.0 Å². The van der Waals surface area contributed by atoms with Crippen molar-refractivity contribution >= 4 is 0 Å². The van der Waals surface area contributed by atoms with E-state index < -0.39 is 12.1 Å². The summed E-state index contributed by atoms with van der Waals surface area (Å²) >= 11 is 0. The van der Waals surface area contributed by atoms with Crippen LogP contribution in [0.25, 0.3) is 0 Å². The molecule has 1 aliphatic rings. The lowest BCUT2D eigenvalue weighted by Crippen LogP contribution is -2.28. The standard InChI is InChI=1S/C24H30F3N.C2H3N/c1-2-15-28(17-14-19-7-4-3-5-8-19)16-6-9-20-10-12-21(13-11-20)22-18-23(22)24(25,26)27;1-2-3/h3-5,7-8,10-13,22-23H,2,6,9,14-18H2,1H3;1H3. The topological polar surface area (TPSA) is 27.0 Å². The maximum atomic E-state index is 12.7. The van der Waals surface area contributed by atoms with Crippen molar-refractivity contribution in [1.82, 2.24) is 4.90 Å². The Morgan fingerprint density at radius 3 is 2.10 bits per heavy atom. The molecule has 2 nitrogen and oxygen atoms in total. The summed E-state index contributed by atoms with van der Waals surface area (Å²) < 4.78 is 38.2. The third kappa shape index (κ3) is 8.75.